The van der Waals surface area contributed by atoms with Crippen LogP contribution in [0.25, 0.3) is 43.8 Å². The van der Waals surface area contributed by atoms with Gasteiger partial charge in [0.15, 0.2) is 58.2 Å². The molecule has 0 saturated carbocycles. The zero-order valence-corrected chi connectivity index (χ0v) is 18.0. The first-order chi connectivity index (χ1) is 17.9. The molecule has 0 unspecified atom stereocenters. The zero-order chi connectivity index (χ0) is 27.8. The largest absolute Gasteiger partial charge is 0.206 e. The maximum atomic E-state index is 15.2. The lowest BCUT2D eigenvalue weighted by molar-refractivity contribution is 0.381. The number of benzene rings is 5. The summed E-state index contributed by atoms with van der Waals surface area (Å²) < 4.78 is 174. The van der Waals surface area contributed by atoms with Gasteiger partial charge in [-0.2, -0.15) is 0 Å². The molecule has 5 rings (SSSR count). The topological polar surface area (TPSA) is 0 Å². The summed E-state index contributed by atoms with van der Waals surface area (Å²) in [6, 6.07) is 2.52. The highest BCUT2D eigenvalue weighted by atomic mass is 19.2. The maximum Gasteiger partial charge on any atom is 0.200 e. The molecule has 0 spiro atoms. The predicted molar refractivity (Wildman–Crippen MR) is 112 cm³/mol. The quantitative estimate of drug-likeness (QED) is 0.0898. The minimum atomic E-state index is -2.58. The molecule has 12 heteroatoms. The first-order valence-corrected chi connectivity index (χ1v) is 10.2. The van der Waals surface area contributed by atoms with Gasteiger partial charge in [0, 0.05) is 22.6 Å². The van der Waals surface area contributed by atoms with Crippen molar-refractivity contribution in [3.05, 3.63) is 106 Å². The molecule has 38 heavy (non-hydrogen) atoms. The SMILES string of the molecule is Fc1cc2c(-c3c(F)c(F)cc(F)c3F)c3cccc(F)c3c(-c3c(F)c(F)c(F)c(F)c3F)c2cc1F. The van der Waals surface area contributed by atoms with Crippen molar-refractivity contribution in [2.75, 3.05) is 0 Å². The summed E-state index contributed by atoms with van der Waals surface area (Å²) in [6.07, 6.45) is 0. The fraction of sp³-hybridized carbons (Fsp3) is 0. The van der Waals surface area contributed by atoms with Crippen LogP contribution in [-0.2, 0) is 0 Å². The Morgan fingerprint density at radius 2 is 0.763 bits per heavy atom. The average Bonchev–Trinajstić information content (AvgIpc) is 2.87. The molecule has 0 aliphatic rings. The third kappa shape index (κ3) is 3.42. The van der Waals surface area contributed by atoms with Crippen LogP contribution in [0.4, 0.5) is 52.7 Å². The Morgan fingerprint density at radius 3 is 1.29 bits per heavy atom. The van der Waals surface area contributed by atoms with Crippen molar-refractivity contribution >= 4 is 21.5 Å². The van der Waals surface area contributed by atoms with E-state index in [4.69, 9.17) is 0 Å². The lowest BCUT2D eigenvalue weighted by atomic mass is 9.84. The van der Waals surface area contributed by atoms with Gasteiger partial charge >= 0.3 is 0 Å². The van der Waals surface area contributed by atoms with Crippen molar-refractivity contribution in [1.82, 2.24) is 0 Å². The molecule has 0 heterocycles. The molecule has 5 aromatic carbocycles. The Hall–Kier alpha value is -4.22. The van der Waals surface area contributed by atoms with Gasteiger partial charge in [0.05, 0.1) is 11.1 Å². The average molecular weight is 546 g/mol. The number of halogens is 12. The van der Waals surface area contributed by atoms with Crippen molar-refractivity contribution in [3.8, 4) is 22.3 Å². The highest BCUT2D eigenvalue weighted by Gasteiger charge is 2.32. The van der Waals surface area contributed by atoms with Gasteiger partial charge in [0.2, 0.25) is 5.82 Å². The Morgan fingerprint density at radius 1 is 0.316 bits per heavy atom. The predicted octanol–water partition coefficient (Wildman–Crippen LogP) is 9.00. The van der Waals surface area contributed by atoms with E-state index >= 15 is 4.39 Å². The molecule has 0 aromatic heterocycles. The van der Waals surface area contributed by atoms with Crippen LogP contribution < -0.4 is 0 Å². The van der Waals surface area contributed by atoms with Gasteiger partial charge in [0.25, 0.3) is 0 Å². The minimum absolute atomic E-state index is 0.152. The third-order valence-corrected chi connectivity index (χ3v) is 5.95. The zero-order valence-electron chi connectivity index (χ0n) is 18.0. The minimum Gasteiger partial charge on any atom is -0.206 e. The van der Waals surface area contributed by atoms with Crippen LogP contribution in [0.15, 0.2) is 36.4 Å². The van der Waals surface area contributed by atoms with Gasteiger partial charge in [-0.3, -0.25) is 0 Å². The van der Waals surface area contributed by atoms with Crippen LogP contribution in [0.5, 0.6) is 0 Å². The monoisotopic (exact) mass is 546 g/mol. The van der Waals surface area contributed by atoms with Crippen LogP contribution in [0.2, 0.25) is 0 Å². The molecule has 0 radical (unpaired) electrons. The third-order valence-electron chi connectivity index (χ3n) is 5.95. The van der Waals surface area contributed by atoms with E-state index in [2.05, 4.69) is 0 Å². The summed E-state index contributed by atoms with van der Waals surface area (Å²) in [6.45, 7) is 0. The van der Waals surface area contributed by atoms with Crippen LogP contribution in [-0.4, -0.2) is 0 Å². The van der Waals surface area contributed by atoms with Crippen LogP contribution in [0, 0.1) is 69.8 Å². The first-order valence-electron chi connectivity index (χ1n) is 10.2. The van der Waals surface area contributed by atoms with Gasteiger partial charge in [-0.1, -0.05) is 12.1 Å². The molecule has 0 N–H and O–H groups in total. The molecule has 5 aromatic rings. The molecule has 0 fully saturated rings. The molecular formula is C26H6F12. The summed E-state index contributed by atoms with van der Waals surface area (Å²) in [5, 5.41) is -3.76. The van der Waals surface area contributed by atoms with Crippen molar-refractivity contribution in [3.63, 3.8) is 0 Å². The second-order valence-corrected chi connectivity index (χ2v) is 8.01. The fourth-order valence-corrected chi connectivity index (χ4v) is 4.37. The smallest absolute Gasteiger partial charge is 0.200 e. The number of hydrogen-bond donors (Lipinski definition) is 0. The van der Waals surface area contributed by atoms with Gasteiger partial charge < -0.3 is 0 Å². The standard InChI is InChI=1S/C26H6F12/c27-10-3-1-2-7-15(18-20(32)13(30)6-14(31)21(18)33)8-4-11(28)12(29)5-9(8)17(16(7)10)19-22(34)24(36)26(38)25(37)23(19)35/h1-6H. The summed E-state index contributed by atoms with van der Waals surface area (Å²) in [4.78, 5) is 0. The van der Waals surface area contributed by atoms with Crippen LogP contribution >= 0.6 is 0 Å². The van der Waals surface area contributed by atoms with Crippen molar-refractivity contribution in [1.29, 1.82) is 0 Å². The van der Waals surface area contributed by atoms with Gasteiger partial charge in [-0.15, -0.1) is 0 Å². The second kappa shape index (κ2) is 8.67. The van der Waals surface area contributed by atoms with Gasteiger partial charge in [-0.25, -0.2) is 52.7 Å². The highest BCUT2D eigenvalue weighted by molar-refractivity contribution is 6.21. The highest BCUT2D eigenvalue weighted by Crippen LogP contribution is 2.48. The molecular weight excluding hydrogens is 540 g/mol. The van der Waals surface area contributed by atoms with E-state index < -0.39 is 114 Å². The molecule has 0 aliphatic heterocycles. The van der Waals surface area contributed by atoms with Gasteiger partial charge in [-0.05, 0) is 34.4 Å². The summed E-state index contributed by atoms with van der Waals surface area (Å²) in [5.41, 5.74) is -5.50. The van der Waals surface area contributed by atoms with E-state index in [9.17, 15) is 48.3 Å². The van der Waals surface area contributed by atoms with Crippen LogP contribution in [0.3, 0.4) is 0 Å². The number of rotatable bonds is 2. The summed E-state index contributed by atoms with van der Waals surface area (Å²) >= 11 is 0. The Kier molecular flexibility index (Phi) is 5.80. The summed E-state index contributed by atoms with van der Waals surface area (Å²) in [5.74, 6) is -25.5. The lowest BCUT2D eigenvalue weighted by Crippen LogP contribution is -2.06. The number of fused-ring (bicyclic) bond motifs is 2. The van der Waals surface area contributed by atoms with Crippen molar-refractivity contribution in [2.45, 2.75) is 0 Å². The van der Waals surface area contributed by atoms with E-state index in [1.165, 1.54) is 0 Å². The fourth-order valence-electron chi connectivity index (χ4n) is 4.37. The van der Waals surface area contributed by atoms with E-state index in [0.29, 0.717) is 6.07 Å². The van der Waals surface area contributed by atoms with E-state index in [1.54, 1.807) is 0 Å². The molecule has 0 bridgehead atoms. The Labute approximate surface area is 203 Å². The normalized spacial score (nSPS) is 11.7. The van der Waals surface area contributed by atoms with E-state index in [0.717, 1.165) is 12.1 Å². The molecule has 0 amide bonds. The lowest BCUT2D eigenvalue weighted by Gasteiger charge is -2.20. The maximum absolute atomic E-state index is 15.2. The van der Waals surface area contributed by atoms with Crippen molar-refractivity contribution in [2.24, 2.45) is 0 Å². The molecule has 0 nitrogen and oxygen atoms in total. The second-order valence-electron chi connectivity index (χ2n) is 8.01. The Bertz CT molecular complexity index is 1790. The first kappa shape index (κ1) is 25.4. The molecule has 194 valence electrons. The van der Waals surface area contributed by atoms with Crippen molar-refractivity contribution < 1.29 is 52.7 Å². The molecule has 0 atom stereocenters. The molecule has 0 saturated heterocycles. The molecule has 0 aliphatic carbocycles. The van der Waals surface area contributed by atoms with E-state index in [1.807, 2.05) is 0 Å². The van der Waals surface area contributed by atoms with E-state index in [-0.39, 0.29) is 18.2 Å². The Balaban J connectivity index is 2.17. The summed E-state index contributed by atoms with van der Waals surface area (Å²) in [7, 11) is 0. The van der Waals surface area contributed by atoms with Crippen LogP contribution in [0.1, 0.15) is 0 Å². The van der Waals surface area contributed by atoms with Gasteiger partial charge in [0.1, 0.15) is 5.82 Å². The number of hydrogen-bond acceptors (Lipinski definition) is 0.